The number of ether oxygens (including phenoxy) is 1. The molecule has 0 aliphatic heterocycles. The van der Waals surface area contributed by atoms with Crippen LogP contribution in [-0.2, 0) is 0 Å². The van der Waals surface area contributed by atoms with E-state index in [1.54, 1.807) is 12.1 Å². The lowest BCUT2D eigenvalue weighted by molar-refractivity contribution is 0.315. The highest BCUT2D eigenvalue weighted by atomic mass is 79.9. The summed E-state index contributed by atoms with van der Waals surface area (Å²) < 4.78 is 19.6. The van der Waals surface area contributed by atoms with Gasteiger partial charge in [-0.3, -0.25) is 0 Å². The zero-order chi connectivity index (χ0) is 15.4. The van der Waals surface area contributed by atoms with E-state index < -0.39 is 11.2 Å². The molecule has 1 atom stereocenters. The average molecular weight is 392 g/mol. The fourth-order valence-electron chi connectivity index (χ4n) is 1.87. The molecule has 0 aliphatic carbocycles. The first kappa shape index (κ1) is 16.6. The van der Waals surface area contributed by atoms with Gasteiger partial charge in [0.2, 0.25) is 0 Å². The average Bonchev–Trinajstić information content (AvgIpc) is 2.48. The monoisotopic (exact) mass is 390 g/mol. The zero-order valence-electron chi connectivity index (χ0n) is 11.4. The standard InChI is InChI=1S/C16H14BrCl2FO/c1-2-7-21-15-6-4-10(8-12(15)17)16(19)11-3-5-14(20)13(18)9-11/h3-6,8-9,16H,2,7H2,1H3. The number of benzene rings is 2. The van der Waals surface area contributed by atoms with Crippen molar-refractivity contribution in [1.29, 1.82) is 0 Å². The van der Waals surface area contributed by atoms with Crippen LogP contribution in [0.4, 0.5) is 4.39 Å². The molecule has 21 heavy (non-hydrogen) atoms. The summed E-state index contributed by atoms with van der Waals surface area (Å²) in [4.78, 5) is 0. The van der Waals surface area contributed by atoms with Crippen LogP contribution in [-0.4, -0.2) is 6.61 Å². The summed E-state index contributed by atoms with van der Waals surface area (Å²) in [5.74, 6) is 0.329. The molecule has 2 rings (SSSR count). The highest BCUT2D eigenvalue weighted by molar-refractivity contribution is 9.10. The number of rotatable bonds is 5. The van der Waals surface area contributed by atoms with Gasteiger partial charge in [-0.1, -0.05) is 30.7 Å². The SMILES string of the molecule is CCCOc1ccc(C(Cl)c2ccc(F)c(Cl)c2)cc1Br. The fraction of sp³-hybridized carbons (Fsp3) is 0.250. The molecule has 2 aromatic carbocycles. The Morgan fingerprint density at radius 3 is 2.48 bits per heavy atom. The van der Waals surface area contributed by atoms with Gasteiger partial charge < -0.3 is 4.74 Å². The van der Waals surface area contributed by atoms with E-state index in [-0.39, 0.29) is 5.02 Å². The van der Waals surface area contributed by atoms with E-state index in [0.29, 0.717) is 6.61 Å². The van der Waals surface area contributed by atoms with Crippen LogP contribution in [0.5, 0.6) is 5.75 Å². The van der Waals surface area contributed by atoms with Crippen LogP contribution in [0.3, 0.4) is 0 Å². The lowest BCUT2D eigenvalue weighted by atomic mass is 10.0. The number of hydrogen-bond donors (Lipinski definition) is 0. The van der Waals surface area contributed by atoms with Crippen LogP contribution in [0, 0.1) is 5.82 Å². The molecule has 0 aromatic heterocycles. The molecule has 0 bridgehead atoms. The fourth-order valence-corrected chi connectivity index (χ4v) is 2.84. The Hall–Kier alpha value is -0.770. The molecule has 2 aromatic rings. The third kappa shape index (κ3) is 4.12. The maximum atomic E-state index is 13.2. The summed E-state index contributed by atoms with van der Waals surface area (Å²) >= 11 is 15.7. The topological polar surface area (TPSA) is 9.23 Å². The summed E-state index contributed by atoms with van der Waals surface area (Å²) in [5.41, 5.74) is 1.63. The van der Waals surface area contributed by atoms with Gasteiger partial charge in [-0.05, 0) is 57.7 Å². The second kappa shape index (κ2) is 7.48. The first-order valence-corrected chi connectivity index (χ1v) is 8.15. The minimum atomic E-state index is -0.450. The van der Waals surface area contributed by atoms with Gasteiger partial charge in [0.05, 0.1) is 21.5 Å². The molecule has 1 unspecified atom stereocenters. The molecular formula is C16H14BrCl2FO. The molecule has 0 amide bonds. The molecule has 0 spiro atoms. The molecule has 112 valence electrons. The van der Waals surface area contributed by atoms with Gasteiger partial charge in [0.1, 0.15) is 11.6 Å². The normalized spacial score (nSPS) is 12.2. The van der Waals surface area contributed by atoms with E-state index in [1.165, 1.54) is 6.07 Å². The van der Waals surface area contributed by atoms with Crippen molar-refractivity contribution in [3.63, 3.8) is 0 Å². The zero-order valence-corrected chi connectivity index (χ0v) is 14.5. The van der Waals surface area contributed by atoms with Gasteiger partial charge in [-0.2, -0.15) is 0 Å². The maximum absolute atomic E-state index is 13.2. The lowest BCUT2D eigenvalue weighted by Crippen LogP contribution is -1.98. The molecule has 0 saturated heterocycles. The van der Waals surface area contributed by atoms with Gasteiger partial charge in [0.15, 0.2) is 0 Å². The first-order valence-electron chi connectivity index (χ1n) is 6.54. The summed E-state index contributed by atoms with van der Waals surface area (Å²) in [6.07, 6.45) is 0.945. The number of hydrogen-bond acceptors (Lipinski definition) is 1. The minimum Gasteiger partial charge on any atom is -0.492 e. The summed E-state index contributed by atoms with van der Waals surface area (Å²) in [6.45, 7) is 2.71. The van der Waals surface area contributed by atoms with Gasteiger partial charge in [0, 0.05) is 0 Å². The smallest absolute Gasteiger partial charge is 0.141 e. The Morgan fingerprint density at radius 1 is 1.19 bits per heavy atom. The number of alkyl halides is 1. The minimum absolute atomic E-state index is 0.0696. The van der Waals surface area contributed by atoms with Crippen LogP contribution in [0.2, 0.25) is 5.02 Å². The van der Waals surface area contributed by atoms with Crippen LogP contribution >= 0.6 is 39.1 Å². The van der Waals surface area contributed by atoms with E-state index in [0.717, 1.165) is 27.8 Å². The molecule has 0 aliphatic rings. The van der Waals surface area contributed by atoms with Crippen molar-refractivity contribution in [3.05, 3.63) is 62.8 Å². The number of halogens is 4. The predicted octanol–water partition coefficient (Wildman–Crippen LogP) is 6.36. The van der Waals surface area contributed by atoms with Crippen LogP contribution in [0.25, 0.3) is 0 Å². The van der Waals surface area contributed by atoms with E-state index in [9.17, 15) is 4.39 Å². The largest absolute Gasteiger partial charge is 0.492 e. The Kier molecular flexibility index (Phi) is 5.91. The third-order valence-corrected chi connectivity index (χ3v) is 4.36. The van der Waals surface area contributed by atoms with Crippen molar-refractivity contribution in [1.82, 2.24) is 0 Å². The van der Waals surface area contributed by atoms with Crippen LogP contribution in [0.1, 0.15) is 29.8 Å². The molecule has 0 saturated carbocycles. The maximum Gasteiger partial charge on any atom is 0.141 e. The molecule has 0 N–H and O–H groups in total. The third-order valence-electron chi connectivity index (χ3n) is 2.95. The van der Waals surface area contributed by atoms with Gasteiger partial charge in [-0.25, -0.2) is 4.39 Å². The summed E-state index contributed by atoms with van der Waals surface area (Å²) in [6, 6.07) is 10.2. The van der Waals surface area contributed by atoms with Crippen molar-refractivity contribution >= 4 is 39.1 Å². The molecule has 0 fully saturated rings. The van der Waals surface area contributed by atoms with Gasteiger partial charge >= 0.3 is 0 Å². The Morgan fingerprint density at radius 2 is 1.86 bits per heavy atom. The van der Waals surface area contributed by atoms with Crippen molar-refractivity contribution in [2.75, 3.05) is 6.61 Å². The lowest BCUT2D eigenvalue weighted by Gasteiger charge is -2.13. The van der Waals surface area contributed by atoms with Crippen LogP contribution < -0.4 is 4.74 Å². The van der Waals surface area contributed by atoms with E-state index in [4.69, 9.17) is 27.9 Å². The summed E-state index contributed by atoms with van der Waals surface area (Å²) in [5, 5.41) is -0.334. The Labute approximate surface area is 142 Å². The van der Waals surface area contributed by atoms with Crippen molar-refractivity contribution in [2.24, 2.45) is 0 Å². The quantitative estimate of drug-likeness (QED) is 0.539. The predicted molar refractivity (Wildman–Crippen MR) is 89.0 cm³/mol. The van der Waals surface area contributed by atoms with Crippen molar-refractivity contribution < 1.29 is 9.13 Å². The van der Waals surface area contributed by atoms with Crippen LogP contribution in [0.15, 0.2) is 40.9 Å². The van der Waals surface area contributed by atoms with Crippen molar-refractivity contribution in [3.8, 4) is 5.75 Å². The second-order valence-electron chi connectivity index (χ2n) is 4.57. The van der Waals surface area contributed by atoms with E-state index in [2.05, 4.69) is 22.9 Å². The molecule has 0 radical (unpaired) electrons. The van der Waals surface area contributed by atoms with Gasteiger partial charge in [0.25, 0.3) is 0 Å². The summed E-state index contributed by atoms with van der Waals surface area (Å²) in [7, 11) is 0. The molecule has 0 heterocycles. The Bertz CT molecular complexity index is 634. The second-order valence-corrected chi connectivity index (χ2v) is 6.27. The van der Waals surface area contributed by atoms with E-state index in [1.807, 2.05) is 18.2 Å². The highest BCUT2D eigenvalue weighted by Crippen LogP contribution is 2.35. The first-order chi connectivity index (χ1) is 10.0. The van der Waals surface area contributed by atoms with Gasteiger partial charge in [-0.15, -0.1) is 11.6 Å². The Balaban J connectivity index is 2.24. The molecular weight excluding hydrogens is 378 g/mol. The van der Waals surface area contributed by atoms with E-state index >= 15 is 0 Å². The highest BCUT2D eigenvalue weighted by Gasteiger charge is 2.14. The molecule has 1 nitrogen and oxygen atoms in total. The van der Waals surface area contributed by atoms with Crippen molar-refractivity contribution in [2.45, 2.75) is 18.7 Å². The molecule has 5 heteroatoms.